The average Bonchev–Trinajstić information content (AvgIpc) is 1.84. The summed E-state index contributed by atoms with van der Waals surface area (Å²) in [6.45, 7) is 0.506. The second-order valence-electron chi connectivity index (χ2n) is 2.60. The van der Waals surface area contributed by atoms with Crippen LogP contribution in [0.3, 0.4) is 0 Å². The van der Waals surface area contributed by atoms with Crippen LogP contribution in [0.25, 0.3) is 0 Å². The summed E-state index contributed by atoms with van der Waals surface area (Å²) in [5, 5.41) is 8.36. The summed E-state index contributed by atoms with van der Waals surface area (Å²) < 4.78 is 4.66. The van der Waals surface area contributed by atoms with Gasteiger partial charge in [-0.2, -0.15) is 5.26 Å². The van der Waals surface area contributed by atoms with Gasteiger partial charge in [0.25, 0.3) is 0 Å². The van der Waals surface area contributed by atoms with Gasteiger partial charge in [0, 0.05) is 18.1 Å². The number of carbonyl (C=O) groups is 1. The molecule has 0 saturated heterocycles. The van der Waals surface area contributed by atoms with Crippen LogP contribution in [0, 0.1) is 11.3 Å². The minimum absolute atomic E-state index is 0.163. The fraction of sp³-hybridized carbons (Fsp3) is 0.714. The summed E-state index contributed by atoms with van der Waals surface area (Å²) in [6, 6.07) is 1.92. The Hall–Kier alpha value is -0.790. The topological polar surface area (TPSA) is 53.3 Å². The first-order chi connectivity index (χ1) is 5.56. The summed E-state index contributed by atoms with van der Waals surface area (Å²) >= 11 is 5.00. The van der Waals surface area contributed by atoms with E-state index in [-0.39, 0.29) is 6.42 Å². The molecule has 5 heteroatoms. The summed E-state index contributed by atoms with van der Waals surface area (Å²) in [6.07, 6.45) is -0.272. The molecule has 0 aliphatic carbocycles. The predicted octanol–water partition coefficient (Wildman–Crippen LogP) is 1.21. The number of likely N-dealkylation sites (N-methyl/N-ethyl adjacent to an activating group) is 1. The number of halogens is 1. The highest BCUT2D eigenvalue weighted by Crippen LogP contribution is 2.02. The van der Waals surface area contributed by atoms with E-state index in [1.807, 2.05) is 25.1 Å². The van der Waals surface area contributed by atoms with E-state index in [2.05, 4.69) is 4.74 Å². The van der Waals surface area contributed by atoms with Gasteiger partial charge in [-0.1, -0.05) is 0 Å². The zero-order valence-electron chi connectivity index (χ0n) is 7.08. The van der Waals surface area contributed by atoms with Gasteiger partial charge in [0.2, 0.25) is 0 Å². The minimum Gasteiger partial charge on any atom is -0.448 e. The minimum atomic E-state index is -0.864. The Morgan fingerprint density at radius 2 is 2.33 bits per heavy atom. The third kappa shape index (κ3) is 5.96. The lowest BCUT2D eigenvalue weighted by molar-refractivity contribution is 0.104. The molecule has 0 fully saturated rings. The number of nitrogens with zero attached hydrogens (tertiary/aromatic N) is 2. The summed E-state index contributed by atoms with van der Waals surface area (Å²) in [5.74, 6) is 0. The Kier molecular flexibility index (Phi) is 5.43. The van der Waals surface area contributed by atoms with Crippen molar-refractivity contribution in [2.24, 2.45) is 0 Å². The largest absolute Gasteiger partial charge is 0.448 e. The fourth-order valence-electron chi connectivity index (χ4n) is 0.784. The van der Waals surface area contributed by atoms with Crippen LogP contribution < -0.4 is 0 Å². The van der Waals surface area contributed by atoms with Crippen molar-refractivity contribution in [2.45, 2.75) is 12.5 Å². The standard InChI is InChI=1S/C7H11ClN2O2/c1-10(2)5-6(3-4-9)12-7(8)11/h6H,3,5H2,1-2H3. The molecule has 0 amide bonds. The zero-order valence-corrected chi connectivity index (χ0v) is 7.84. The van der Waals surface area contributed by atoms with Crippen LogP contribution in [0.4, 0.5) is 4.79 Å². The van der Waals surface area contributed by atoms with Crippen molar-refractivity contribution >= 4 is 17.0 Å². The summed E-state index contributed by atoms with van der Waals surface area (Å²) in [7, 11) is 3.65. The maximum absolute atomic E-state index is 10.3. The smallest absolute Gasteiger partial charge is 0.404 e. The van der Waals surface area contributed by atoms with Gasteiger partial charge in [-0.3, -0.25) is 0 Å². The first-order valence-electron chi connectivity index (χ1n) is 3.44. The lowest BCUT2D eigenvalue weighted by atomic mass is 10.2. The molecule has 0 rings (SSSR count). The molecule has 0 aliphatic rings. The van der Waals surface area contributed by atoms with E-state index < -0.39 is 11.5 Å². The fourth-order valence-corrected chi connectivity index (χ4v) is 0.910. The lowest BCUT2D eigenvalue weighted by Crippen LogP contribution is -2.28. The van der Waals surface area contributed by atoms with Crippen LogP contribution in [-0.4, -0.2) is 37.1 Å². The Balaban J connectivity index is 3.87. The molecule has 0 aromatic carbocycles. The van der Waals surface area contributed by atoms with Crippen molar-refractivity contribution in [2.75, 3.05) is 20.6 Å². The van der Waals surface area contributed by atoms with E-state index in [1.165, 1.54) is 0 Å². The molecular formula is C7H11ClN2O2. The maximum atomic E-state index is 10.3. The molecule has 0 N–H and O–H groups in total. The number of ether oxygens (including phenoxy) is 1. The van der Waals surface area contributed by atoms with Gasteiger partial charge in [0.15, 0.2) is 0 Å². The maximum Gasteiger partial charge on any atom is 0.404 e. The van der Waals surface area contributed by atoms with E-state index in [9.17, 15) is 4.79 Å². The Morgan fingerprint density at radius 1 is 1.75 bits per heavy atom. The third-order valence-corrected chi connectivity index (χ3v) is 1.24. The quantitative estimate of drug-likeness (QED) is 0.626. The first kappa shape index (κ1) is 11.2. The third-order valence-electron chi connectivity index (χ3n) is 1.15. The van der Waals surface area contributed by atoms with E-state index in [0.717, 1.165) is 0 Å². The van der Waals surface area contributed by atoms with Crippen molar-refractivity contribution in [3.05, 3.63) is 0 Å². The van der Waals surface area contributed by atoms with Crippen LogP contribution in [0.2, 0.25) is 0 Å². The molecule has 0 heterocycles. The molecule has 1 atom stereocenters. The molecule has 0 saturated carbocycles. The normalized spacial score (nSPS) is 12.2. The predicted molar refractivity (Wildman–Crippen MR) is 44.9 cm³/mol. The second kappa shape index (κ2) is 5.81. The molecule has 68 valence electrons. The Morgan fingerprint density at radius 3 is 2.67 bits per heavy atom. The monoisotopic (exact) mass is 190 g/mol. The van der Waals surface area contributed by atoms with Gasteiger partial charge in [-0.15, -0.1) is 0 Å². The van der Waals surface area contributed by atoms with Crippen molar-refractivity contribution in [1.29, 1.82) is 5.26 Å². The van der Waals surface area contributed by atoms with Crippen molar-refractivity contribution in [3.8, 4) is 6.07 Å². The first-order valence-corrected chi connectivity index (χ1v) is 3.82. The molecule has 0 aliphatic heterocycles. The number of carbonyl (C=O) groups excluding carboxylic acids is 1. The van der Waals surface area contributed by atoms with Crippen LogP contribution in [0.5, 0.6) is 0 Å². The Bertz CT molecular complexity index is 188. The molecule has 1 unspecified atom stereocenters. The summed E-state index contributed by atoms with van der Waals surface area (Å²) in [4.78, 5) is 12.1. The lowest BCUT2D eigenvalue weighted by Gasteiger charge is -2.17. The van der Waals surface area contributed by atoms with Crippen LogP contribution in [-0.2, 0) is 4.74 Å². The molecule has 0 radical (unpaired) electrons. The van der Waals surface area contributed by atoms with Crippen LogP contribution in [0.1, 0.15) is 6.42 Å². The van der Waals surface area contributed by atoms with Gasteiger partial charge < -0.3 is 9.64 Å². The highest BCUT2D eigenvalue weighted by atomic mass is 35.5. The number of hydrogen-bond acceptors (Lipinski definition) is 4. The van der Waals surface area contributed by atoms with Crippen molar-refractivity contribution in [3.63, 3.8) is 0 Å². The van der Waals surface area contributed by atoms with E-state index in [4.69, 9.17) is 16.9 Å². The van der Waals surface area contributed by atoms with Gasteiger partial charge in [0.05, 0.1) is 12.5 Å². The summed E-state index contributed by atoms with van der Waals surface area (Å²) in [5.41, 5.74) is -0.864. The molecule has 0 aromatic heterocycles. The van der Waals surface area contributed by atoms with Crippen molar-refractivity contribution in [1.82, 2.24) is 4.90 Å². The molecule has 0 aromatic rings. The number of nitriles is 1. The SMILES string of the molecule is CN(C)CC(CC#N)OC(=O)Cl. The van der Waals surface area contributed by atoms with Crippen LogP contribution in [0.15, 0.2) is 0 Å². The number of rotatable bonds is 4. The number of hydrogen-bond donors (Lipinski definition) is 0. The average molecular weight is 191 g/mol. The zero-order chi connectivity index (χ0) is 9.56. The molecular weight excluding hydrogens is 180 g/mol. The second-order valence-corrected chi connectivity index (χ2v) is 2.91. The van der Waals surface area contributed by atoms with Gasteiger partial charge in [-0.25, -0.2) is 4.79 Å². The van der Waals surface area contributed by atoms with Crippen LogP contribution >= 0.6 is 11.6 Å². The molecule has 12 heavy (non-hydrogen) atoms. The Labute approximate surface area is 76.7 Å². The van der Waals surface area contributed by atoms with E-state index in [1.54, 1.807) is 0 Å². The molecule has 0 spiro atoms. The van der Waals surface area contributed by atoms with E-state index >= 15 is 0 Å². The van der Waals surface area contributed by atoms with Gasteiger partial charge >= 0.3 is 5.43 Å². The van der Waals surface area contributed by atoms with Gasteiger partial charge in [0.1, 0.15) is 6.10 Å². The van der Waals surface area contributed by atoms with Gasteiger partial charge in [-0.05, 0) is 14.1 Å². The molecule has 0 bridgehead atoms. The van der Waals surface area contributed by atoms with Crippen molar-refractivity contribution < 1.29 is 9.53 Å². The highest BCUT2D eigenvalue weighted by molar-refractivity contribution is 6.61. The van der Waals surface area contributed by atoms with E-state index in [0.29, 0.717) is 6.54 Å². The molecule has 4 nitrogen and oxygen atoms in total. The highest BCUT2D eigenvalue weighted by Gasteiger charge is 2.13.